The van der Waals surface area contributed by atoms with Crippen molar-refractivity contribution in [1.29, 1.82) is 0 Å². The average molecular weight is 535 g/mol. The van der Waals surface area contributed by atoms with Gasteiger partial charge in [0.25, 0.3) is 0 Å². The zero-order chi connectivity index (χ0) is 27.9. The summed E-state index contributed by atoms with van der Waals surface area (Å²) < 4.78 is 0. The fraction of sp³-hybridized carbons (Fsp3) is 0.0476. The topological polar surface area (TPSA) is 0 Å². The standard InChI is InChI=1S/C42H30/c1-2-13-29(14-3-1)30-25-27-32(28-26-30)34-18-6-7-19-35(34)41-37-20-8-10-22-39(37)42(40-23-11-9-21-38(40)41)36-24-12-16-31-15-4-5-17-33(31)36/h1-11,13-15,17-28H,12,16H2. The van der Waals surface area contributed by atoms with Gasteiger partial charge < -0.3 is 0 Å². The van der Waals surface area contributed by atoms with Crippen LogP contribution in [0.2, 0.25) is 0 Å². The van der Waals surface area contributed by atoms with Crippen molar-refractivity contribution in [3.05, 3.63) is 174 Å². The molecule has 0 bridgehead atoms. The summed E-state index contributed by atoms with van der Waals surface area (Å²) in [6.45, 7) is 0. The van der Waals surface area contributed by atoms with E-state index in [2.05, 4.69) is 158 Å². The zero-order valence-corrected chi connectivity index (χ0v) is 23.4. The quantitative estimate of drug-likeness (QED) is 0.197. The highest BCUT2D eigenvalue weighted by atomic mass is 14.3. The van der Waals surface area contributed by atoms with E-state index in [1.54, 1.807) is 0 Å². The monoisotopic (exact) mass is 534 g/mol. The zero-order valence-electron chi connectivity index (χ0n) is 23.4. The van der Waals surface area contributed by atoms with Gasteiger partial charge in [-0.3, -0.25) is 0 Å². The second-order valence-corrected chi connectivity index (χ2v) is 11.1. The van der Waals surface area contributed by atoms with Gasteiger partial charge in [0, 0.05) is 0 Å². The largest absolute Gasteiger partial charge is 0.0757 e. The summed E-state index contributed by atoms with van der Waals surface area (Å²) >= 11 is 0. The molecule has 0 nitrogen and oxygen atoms in total. The van der Waals surface area contributed by atoms with Crippen molar-refractivity contribution in [2.45, 2.75) is 12.8 Å². The van der Waals surface area contributed by atoms with E-state index in [1.165, 1.54) is 77.2 Å². The Hall–Kier alpha value is -5.20. The third-order valence-corrected chi connectivity index (χ3v) is 8.77. The summed E-state index contributed by atoms with van der Waals surface area (Å²) in [5.41, 5.74) is 13.0. The van der Waals surface area contributed by atoms with Gasteiger partial charge in [-0.05, 0) is 90.0 Å². The van der Waals surface area contributed by atoms with Crippen LogP contribution in [-0.4, -0.2) is 0 Å². The maximum atomic E-state index is 2.46. The van der Waals surface area contributed by atoms with Crippen LogP contribution in [-0.2, 0) is 6.42 Å². The molecule has 1 aliphatic rings. The van der Waals surface area contributed by atoms with Gasteiger partial charge in [0.2, 0.25) is 0 Å². The van der Waals surface area contributed by atoms with Gasteiger partial charge in [0.1, 0.15) is 0 Å². The van der Waals surface area contributed by atoms with E-state index in [4.69, 9.17) is 0 Å². The van der Waals surface area contributed by atoms with Crippen molar-refractivity contribution < 1.29 is 0 Å². The maximum absolute atomic E-state index is 2.46. The lowest BCUT2D eigenvalue weighted by molar-refractivity contribution is 0.978. The Morgan fingerprint density at radius 2 is 0.810 bits per heavy atom. The summed E-state index contributed by atoms with van der Waals surface area (Å²) in [7, 11) is 0. The van der Waals surface area contributed by atoms with Gasteiger partial charge >= 0.3 is 0 Å². The molecule has 7 aromatic rings. The number of hydrogen-bond acceptors (Lipinski definition) is 0. The van der Waals surface area contributed by atoms with Crippen molar-refractivity contribution in [3.8, 4) is 33.4 Å². The van der Waals surface area contributed by atoms with Gasteiger partial charge in [-0.2, -0.15) is 0 Å². The minimum absolute atomic E-state index is 1.07. The predicted octanol–water partition coefficient (Wildman–Crippen LogP) is 11.4. The smallest absolute Gasteiger partial charge is 0.00201 e. The molecule has 0 unspecified atom stereocenters. The first-order chi connectivity index (χ1) is 20.9. The van der Waals surface area contributed by atoms with Gasteiger partial charge in [-0.15, -0.1) is 0 Å². The predicted molar refractivity (Wildman–Crippen MR) is 180 cm³/mol. The molecule has 0 fully saturated rings. The molecule has 0 heteroatoms. The normalized spacial score (nSPS) is 12.7. The number of benzene rings is 7. The molecular weight excluding hydrogens is 504 g/mol. The molecule has 8 rings (SSSR count). The van der Waals surface area contributed by atoms with Crippen LogP contribution in [0.5, 0.6) is 0 Å². The van der Waals surface area contributed by atoms with Crippen molar-refractivity contribution in [2.75, 3.05) is 0 Å². The highest BCUT2D eigenvalue weighted by Crippen LogP contribution is 2.46. The van der Waals surface area contributed by atoms with Gasteiger partial charge in [0.15, 0.2) is 0 Å². The molecular formula is C42H30. The molecule has 0 aromatic heterocycles. The molecule has 0 amide bonds. The van der Waals surface area contributed by atoms with E-state index >= 15 is 0 Å². The molecule has 0 saturated carbocycles. The Labute approximate surface area is 247 Å². The summed E-state index contributed by atoms with van der Waals surface area (Å²) in [6, 6.07) is 55.5. The number of hydrogen-bond donors (Lipinski definition) is 0. The van der Waals surface area contributed by atoms with Crippen molar-refractivity contribution >= 4 is 27.1 Å². The molecule has 0 radical (unpaired) electrons. The molecule has 42 heavy (non-hydrogen) atoms. The summed E-state index contributed by atoms with van der Waals surface area (Å²) in [4.78, 5) is 0. The molecule has 1 aliphatic carbocycles. The van der Waals surface area contributed by atoms with Crippen LogP contribution in [0.15, 0.2) is 158 Å². The van der Waals surface area contributed by atoms with Crippen molar-refractivity contribution in [1.82, 2.24) is 0 Å². The van der Waals surface area contributed by atoms with Gasteiger partial charge in [0.05, 0.1) is 0 Å². The van der Waals surface area contributed by atoms with E-state index < -0.39 is 0 Å². The fourth-order valence-corrected chi connectivity index (χ4v) is 6.85. The second kappa shape index (κ2) is 10.3. The minimum Gasteiger partial charge on any atom is -0.0757 e. The van der Waals surface area contributed by atoms with Crippen molar-refractivity contribution in [3.63, 3.8) is 0 Å². The molecule has 0 N–H and O–H groups in total. The molecule has 0 saturated heterocycles. The molecule has 198 valence electrons. The minimum atomic E-state index is 1.07. The van der Waals surface area contributed by atoms with Gasteiger partial charge in [-0.1, -0.05) is 158 Å². The first-order valence-electron chi connectivity index (χ1n) is 14.8. The van der Waals surface area contributed by atoms with Gasteiger partial charge in [-0.25, -0.2) is 0 Å². The maximum Gasteiger partial charge on any atom is -0.00201 e. The fourth-order valence-electron chi connectivity index (χ4n) is 6.85. The highest BCUT2D eigenvalue weighted by Gasteiger charge is 2.22. The Morgan fingerprint density at radius 1 is 0.333 bits per heavy atom. The lowest BCUT2D eigenvalue weighted by atomic mass is 9.80. The Kier molecular flexibility index (Phi) is 6.04. The van der Waals surface area contributed by atoms with E-state index in [-0.39, 0.29) is 0 Å². The first kappa shape index (κ1) is 24.6. The molecule has 7 aromatic carbocycles. The number of rotatable bonds is 4. The number of fused-ring (bicyclic) bond motifs is 3. The Bertz CT molecular complexity index is 2050. The van der Waals surface area contributed by atoms with E-state index in [1.807, 2.05) is 0 Å². The summed E-state index contributed by atoms with van der Waals surface area (Å²) in [6.07, 6.45) is 4.63. The number of aryl methyl sites for hydroxylation is 1. The lowest BCUT2D eigenvalue weighted by Crippen LogP contribution is -2.02. The highest BCUT2D eigenvalue weighted by molar-refractivity contribution is 6.21. The third-order valence-electron chi connectivity index (χ3n) is 8.77. The second-order valence-electron chi connectivity index (χ2n) is 11.1. The molecule has 0 spiro atoms. The van der Waals surface area contributed by atoms with Crippen LogP contribution in [0.25, 0.3) is 60.5 Å². The lowest BCUT2D eigenvalue weighted by Gasteiger charge is -2.24. The molecule has 0 atom stereocenters. The first-order valence-corrected chi connectivity index (χ1v) is 14.8. The van der Waals surface area contributed by atoms with Crippen LogP contribution in [0, 0.1) is 0 Å². The third kappa shape index (κ3) is 4.07. The van der Waals surface area contributed by atoms with E-state index in [0.29, 0.717) is 0 Å². The Balaban J connectivity index is 1.38. The Morgan fingerprint density at radius 3 is 1.48 bits per heavy atom. The van der Waals surface area contributed by atoms with Crippen LogP contribution in [0.3, 0.4) is 0 Å². The van der Waals surface area contributed by atoms with Crippen molar-refractivity contribution in [2.24, 2.45) is 0 Å². The van der Waals surface area contributed by atoms with Crippen LogP contribution in [0.1, 0.15) is 23.1 Å². The SMILES string of the molecule is C1=C(c2c3ccccc3c(-c3ccccc3-c3ccc(-c4ccccc4)cc3)c3ccccc23)c2ccccc2CC1. The molecule has 0 aliphatic heterocycles. The average Bonchev–Trinajstić information content (AvgIpc) is 3.07. The number of allylic oxidation sites excluding steroid dienone is 1. The van der Waals surface area contributed by atoms with Crippen LogP contribution >= 0.6 is 0 Å². The van der Waals surface area contributed by atoms with Crippen LogP contribution < -0.4 is 0 Å². The summed E-state index contributed by atoms with van der Waals surface area (Å²) in [5.74, 6) is 0. The summed E-state index contributed by atoms with van der Waals surface area (Å²) in [5, 5.41) is 5.21. The van der Waals surface area contributed by atoms with Crippen LogP contribution in [0.4, 0.5) is 0 Å². The van der Waals surface area contributed by atoms with E-state index in [0.717, 1.165) is 12.8 Å². The molecule has 0 heterocycles. The van der Waals surface area contributed by atoms with E-state index in [9.17, 15) is 0 Å².